The monoisotopic (exact) mass is 393 g/mol. The van der Waals surface area contributed by atoms with Gasteiger partial charge in [0.15, 0.2) is 0 Å². The van der Waals surface area contributed by atoms with Gasteiger partial charge in [-0.3, -0.25) is 0 Å². The molecule has 0 aliphatic rings. The normalized spacial score (nSPS) is 11.4. The van der Waals surface area contributed by atoms with Crippen LogP contribution in [0.1, 0.15) is 18.1 Å². The van der Waals surface area contributed by atoms with Crippen LogP contribution in [0, 0.1) is 0 Å². The Bertz CT molecular complexity index is 878. The molecular weight excluding hydrogens is 375 g/mol. The van der Waals surface area contributed by atoms with E-state index in [1.165, 1.54) is 18.5 Å². The zero-order valence-electron chi connectivity index (χ0n) is 14.6. The molecule has 1 N–H and O–H groups in total. The zero-order valence-corrected chi connectivity index (χ0v) is 15.4. The van der Waals surface area contributed by atoms with Gasteiger partial charge in [0.25, 0.3) is 0 Å². The van der Waals surface area contributed by atoms with Gasteiger partial charge in [0.1, 0.15) is 17.9 Å². The number of hydrogen-bond acceptors (Lipinski definition) is 5. The van der Waals surface area contributed by atoms with Crippen LogP contribution >= 0.6 is 11.3 Å². The van der Waals surface area contributed by atoms with E-state index in [0.717, 1.165) is 34.0 Å². The van der Waals surface area contributed by atoms with E-state index >= 15 is 0 Å². The number of alkyl halides is 3. The number of rotatable bonds is 7. The Morgan fingerprint density at radius 3 is 2.59 bits per heavy atom. The zero-order chi connectivity index (χ0) is 19.3. The maximum absolute atomic E-state index is 12.6. The molecule has 4 nitrogen and oxygen atoms in total. The van der Waals surface area contributed by atoms with Gasteiger partial charge in [-0.1, -0.05) is 12.1 Å². The summed E-state index contributed by atoms with van der Waals surface area (Å²) in [5.74, 6) is 1.48. The number of hydrogen-bond donors (Lipinski definition) is 1. The molecule has 0 saturated carbocycles. The lowest BCUT2D eigenvalue weighted by Crippen LogP contribution is -2.08. The fourth-order valence-electron chi connectivity index (χ4n) is 2.48. The highest BCUT2D eigenvalue weighted by Crippen LogP contribution is 2.31. The third-order valence-corrected chi connectivity index (χ3v) is 4.74. The molecule has 0 fully saturated rings. The Morgan fingerprint density at radius 1 is 1.11 bits per heavy atom. The van der Waals surface area contributed by atoms with Crippen molar-refractivity contribution in [2.75, 3.05) is 18.5 Å². The van der Waals surface area contributed by atoms with Crippen LogP contribution in [0.25, 0.3) is 10.6 Å². The molecule has 0 radical (unpaired) electrons. The number of anilines is 1. The molecule has 0 saturated heterocycles. The van der Waals surface area contributed by atoms with E-state index in [9.17, 15) is 13.2 Å². The third kappa shape index (κ3) is 5.19. The van der Waals surface area contributed by atoms with Gasteiger partial charge in [0.05, 0.1) is 22.7 Å². The predicted octanol–water partition coefficient (Wildman–Crippen LogP) is 5.28. The van der Waals surface area contributed by atoms with Crippen molar-refractivity contribution in [3.63, 3.8) is 0 Å². The van der Waals surface area contributed by atoms with Crippen molar-refractivity contribution in [2.45, 2.75) is 19.5 Å². The van der Waals surface area contributed by atoms with Crippen molar-refractivity contribution < 1.29 is 17.9 Å². The molecule has 0 aliphatic carbocycles. The van der Waals surface area contributed by atoms with Gasteiger partial charge in [0.2, 0.25) is 0 Å². The Morgan fingerprint density at radius 2 is 1.89 bits per heavy atom. The second-order valence-electron chi connectivity index (χ2n) is 5.74. The maximum atomic E-state index is 12.6. The third-order valence-electron chi connectivity index (χ3n) is 3.81. The van der Waals surface area contributed by atoms with Gasteiger partial charge < -0.3 is 10.1 Å². The highest BCUT2D eigenvalue weighted by molar-refractivity contribution is 7.13. The minimum atomic E-state index is -4.31. The van der Waals surface area contributed by atoms with E-state index in [4.69, 9.17) is 4.74 Å². The number of halogens is 3. The van der Waals surface area contributed by atoms with Crippen LogP contribution < -0.4 is 10.1 Å². The number of nitrogens with zero attached hydrogens (tertiary/aromatic N) is 2. The average Bonchev–Trinajstić information content (AvgIpc) is 3.11. The minimum Gasteiger partial charge on any atom is -0.493 e. The van der Waals surface area contributed by atoms with Crippen LogP contribution in [0.3, 0.4) is 0 Å². The topological polar surface area (TPSA) is 47.0 Å². The Hall–Kier alpha value is -2.61. The van der Waals surface area contributed by atoms with Gasteiger partial charge >= 0.3 is 6.18 Å². The molecule has 142 valence electrons. The maximum Gasteiger partial charge on any atom is 0.416 e. The molecule has 3 rings (SSSR count). The van der Waals surface area contributed by atoms with Crippen LogP contribution in [0.5, 0.6) is 5.75 Å². The lowest BCUT2D eigenvalue weighted by atomic mass is 10.1. The Kier molecular flexibility index (Phi) is 5.95. The van der Waals surface area contributed by atoms with Gasteiger partial charge in [-0.05, 0) is 31.0 Å². The van der Waals surface area contributed by atoms with Gasteiger partial charge in [-0.15, -0.1) is 11.3 Å². The molecule has 0 unspecified atom stereocenters. The summed E-state index contributed by atoms with van der Waals surface area (Å²) in [4.78, 5) is 9.45. The first kappa shape index (κ1) is 19.2. The molecule has 2 heterocycles. The van der Waals surface area contributed by atoms with Crippen LogP contribution in [-0.2, 0) is 12.6 Å². The summed E-state index contributed by atoms with van der Waals surface area (Å²) >= 11 is 1.54. The summed E-state index contributed by atoms with van der Waals surface area (Å²) in [7, 11) is 0. The SMILES string of the molecule is CCOc1csc(-c2cc(NCCc3ccc(C(F)(F)F)cc3)ncn2)c1. The lowest BCUT2D eigenvalue weighted by molar-refractivity contribution is -0.137. The van der Waals surface area contributed by atoms with Crippen molar-refractivity contribution in [1.29, 1.82) is 0 Å². The number of nitrogens with one attached hydrogen (secondary N) is 1. The molecule has 0 amide bonds. The van der Waals surface area contributed by atoms with Crippen LogP contribution in [0.4, 0.5) is 19.0 Å². The number of aromatic nitrogens is 2. The van der Waals surface area contributed by atoms with Crippen LogP contribution in [-0.4, -0.2) is 23.1 Å². The molecule has 3 aromatic rings. The van der Waals surface area contributed by atoms with Crippen molar-refractivity contribution in [2.24, 2.45) is 0 Å². The minimum absolute atomic E-state index is 0.552. The van der Waals surface area contributed by atoms with Gasteiger partial charge in [-0.2, -0.15) is 13.2 Å². The van der Waals surface area contributed by atoms with E-state index < -0.39 is 11.7 Å². The van der Waals surface area contributed by atoms with E-state index in [0.29, 0.717) is 25.4 Å². The second kappa shape index (κ2) is 8.39. The first-order chi connectivity index (χ1) is 13.0. The first-order valence-corrected chi connectivity index (χ1v) is 9.27. The van der Waals surface area contributed by atoms with Crippen LogP contribution in [0.15, 0.2) is 48.1 Å². The molecule has 27 heavy (non-hydrogen) atoms. The van der Waals surface area contributed by atoms with E-state index in [2.05, 4.69) is 15.3 Å². The smallest absolute Gasteiger partial charge is 0.416 e. The molecule has 2 aromatic heterocycles. The molecule has 0 aliphatic heterocycles. The fraction of sp³-hybridized carbons (Fsp3) is 0.263. The van der Waals surface area contributed by atoms with Crippen molar-refractivity contribution >= 4 is 17.2 Å². The summed E-state index contributed by atoms with van der Waals surface area (Å²) in [6.45, 7) is 3.09. The van der Waals surface area contributed by atoms with Crippen molar-refractivity contribution in [1.82, 2.24) is 9.97 Å². The molecule has 0 atom stereocenters. The molecule has 0 spiro atoms. The second-order valence-corrected chi connectivity index (χ2v) is 6.65. The summed E-state index contributed by atoms with van der Waals surface area (Å²) in [6, 6.07) is 8.97. The summed E-state index contributed by atoms with van der Waals surface area (Å²) in [5, 5.41) is 5.11. The van der Waals surface area contributed by atoms with E-state index in [-0.39, 0.29) is 0 Å². The first-order valence-electron chi connectivity index (χ1n) is 8.39. The Labute approximate surface area is 159 Å². The summed E-state index contributed by atoms with van der Waals surface area (Å²) < 4.78 is 43.2. The largest absolute Gasteiger partial charge is 0.493 e. The summed E-state index contributed by atoms with van der Waals surface area (Å²) in [5.41, 5.74) is 0.976. The summed E-state index contributed by atoms with van der Waals surface area (Å²) in [6.07, 6.45) is -2.24. The van der Waals surface area contributed by atoms with Crippen LogP contribution in [0.2, 0.25) is 0 Å². The van der Waals surface area contributed by atoms with E-state index in [1.54, 1.807) is 11.3 Å². The number of thiophene rings is 1. The highest BCUT2D eigenvalue weighted by atomic mass is 32.1. The van der Waals surface area contributed by atoms with Crippen molar-refractivity contribution in [3.05, 3.63) is 59.2 Å². The molecule has 8 heteroatoms. The number of ether oxygens (including phenoxy) is 1. The predicted molar refractivity (Wildman–Crippen MR) is 100 cm³/mol. The molecule has 0 bridgehead atoms. The quantitative estimate of drug-likeness (QED) is 0.593. The van der Waals surface area contributed by atoms with Gasteiger partial charge in [0, 0.05) is 24.1 Å². The van der Waals surface area contributed by atoms with E-state index in [1.807, 2.05) is 24.4 Å². The standard InChI is InChI=1S/C19H18F3N3OS/c1-2-26-15-9-17(27-11-15)16-10-18(25-12-24-16)23-8-7-13-3-5-14(6-4-13)19(20,21)22/h3-6,9-12H,2,7-8H2,1H3,(H,23,24,25). The van der Waals surface area contributed by atoms with Gasteiger partial charge in [-0.25, -0.2) is 9.97 Å². The Balaban J connectivity index is 1.58. The number of benzene rings is 1. The lowest BCUT2D eigenvalue weighted by Gasteiger charge is -2.09. The fourth-order valence-corrected chi connectivity index (χ4v) is 3.28. The highest BCUT2D eigenvalue weighted by Gasteiger charge is 2.29. The molecule has 1 aromatic carbocycles. The van der Waals surface area contributed by atoms with Crippen molar-refractivity contribution in [3.8, 4) is 16.3 Å². The molecular formula is C19H18F3N3OS. The average molecular weight is 393 g/mol.